The van der Waals surface area contributed by atoms with Gasteiger partial charge in [-0.05, 0) is 22.4 Å². The van der Waals surface area contributed by atoms with Crippen LogP contribution in [-0.4, -0.2) is 15.0 Å². The second kappa shape index (κ2) is 5.32. The van der Waals surface area contributed by atoms with Gasteiger partial charge < -0.3 is 18.1 Å². The topological polar surface area (TPSA) is 116 Å². The van der Waals surface area contributed by atoms with Crippen LogP contribution < -0.4 is 23.7 Å². The molecule has 4 N–H and O–H groups in total. The molecule has 0 fully saturated rings. The predicted octanol–water partition coefficient (Wildman–Crippen LogP) is -1.03. The van der Waals surface area contributed by atoms with Crippen LogP contribution in [0.1, 0.15) is 11.1 Å². The zero-order valence-electron chi connectivity index (χ0n) is 10.1. The van der Waals surface area contributed by atoms with Crippen molar-refractivity contribution in [3.8, 4) is 0 Å². The largest absolute Gasteiger partial charge is 1.00 e. The number of halogens is 1. The molecule has 3 heterocycles. The van der Waals surface area contributed by atoms with E-state index in [-0.39, 0.29) is 35.2 Å². The standard InChI is InChI=1S/C11H8N6OS.ClH/c12-11-15-7-6(3-5-1-2-19-4-5)9(17-13)14-8(7)10(18)16-11;/h1-2,4,13H,3H2,(H2,12,16,18);1H. The fraction of sp³-hybridized carbons (Fsp3) is 0.0909. The lowest BCUT2D eigenvalue weighted by atomic mass is 10.1. The highest BCUT2D eigenvalue weighted by Crippen LogP contribution is 2.28. The normalized spacial score (nSPS) is 10.2. The Balaban J connectivity index is 0.00000147. The quantitative estimate of drug-likeness (QED) is 0.525. The summed E-state index contributed by atoms with van der Waals surface area (Å²) >= 11 is 1.57. The molecule has 3 rings (SSSR count). The molecule has 0 aliphatic carbocycles. The van der Waals surface area contributed by atoms with Gasteiger partial charge >= 0.3 is 5.82 Å². The van der Waals surface area contributed by atoms with Gasteiger partial charge in [-0.15, -0.1) is 0 Å². The van der Waals surface area contributed by atoms with Gasteiger partial charge in [0.2, 0.25) is 11.5 Å². The number of hydrogen-bond acceptors (Lipinski definition) is 5. The first-order chi connectivity index (χ1) is 9.19. The van der Waals surface area contributed by atoms with Crippen molar-refractivity contribution in [2.24, 2.45) is 0 Å². The highest BCUT2D eigenvalue weighted by Gasteiger charge is 2.24. The maximum absolute atomic E-state index is 11.8. The van der Waals surface area contributed by atoms with Gasteiger partial charge in [-0.3, -0.25) is 9.78 Å². The Morgan fingerprint density at radius 3 is 2.90 bits per heavy atom. The van der Waals surface area contributed by atoms with Crippen molar-refractivity contribution in [3.05, 3.63) is 43.3 Å². The number of hydrogen-bond donors (Lipinski definition) is 3. The fourth-order valence-electron chi connectivity index (χ4n) is 1.98. The van der Waals surface area contributed by atoms with Gasteiger partial charge in [0, 0.05) is 11.4 Å². The summed E-state index contributed by atoms with van der Waals surface area (Å²) in [7, 11) is 0. The maximum atomic E-state index is 11.8. The minimum Gasteiger partial charge on any atom is -1.00 e. The number of nitrogens with one attached hydrogen (secondary N) is 2. The SMILES string of the molecule is N#[N+]c1[nH]c2c(=O)[nH]c(N)nc2c1Cc1ccsc1.[Cl-]. The molecule has 0 saturated carbocycles. The number of rotatable bonds is 2. The first kappa shape index (κ1) is 14.0. The van der Waals surface area contributed by atoms with Crippen LogP contribution in [0.3, 0.4) is 0 Å². The number of nitrogens with two attached hydrogens (primary N) is 1. The van der Waals surface area contributed by atoms with E-state index < -0.39 is 0 Å². The molecule has 0 aliphatic rings. The van der Waals surface area contributed by atoms with Crippen molar-refractivity contribution in [1.29, 1.82) is 5.39 Å². The van der Waals surface area contributed by atoms with Gasteiger partial charge in [-0.1, -0.05) is 0 Å². The summed E-state index contributed by atoms with van der Waals surface area (Å²) in [6.07, 6.45) is 0.513. The Bertz CT molecular complexity index is 844. The molecular formula is C11H9ClN6OS. The predicted molar refractivity (Wildman–Crippen MR) is 73.0 cm³/mol. The van der Waals surface area contributed by atoms with Crippen molar-refractivity contribution in [3.63, 3.8) is 0 Å². The Morgan fingerprint density at radius 2 is 2.25 bits per heavy atom. The average Bonchev–Trinajstić information content (AvgIpc) is 2.99. The van der Waals surface area contributed by atoms with Gasteiger partial charge in [0.1, 0.15) is 5.52 Å². The number of aromatic amines is 2. The molecule has 0 unspecified atom stereocenters. The second-order valence-corrected chi connectivity index (χ2v) is 4.82. The molecule has 0 spiro atoms. The molecule has 9 heteroatoms. The Kier molecular flexibility index (Phi) is 3.74. The number of nitrogen functional groups attached to an aromatic ring is 1. The van der Waals surface area contributed by atoms with Crippen molar-refractivity contribution >= 4 is 34.1 Å². The van der Waals surface area contributed by atoms with Crippen LogP contribution in [0, 0.1) is 5.39 Å². The molecular weight excluding hydrogens is 300 g/mol. The molecule has 0 radical (unpaired) electrons. The van der Waals surface area contributed by atoms with E-state index in [0.717, 1.165) is 5.56 Å². The number of anilines is 1. The average molecular weight is 309 g/mol. The molecule has 3 aromatic heterocycles. The molecule has 0 amide bonds. The number of aromatic nitrogens is 3. The number of nitrogens with zero attached hydrogens (tertiary/aromatic N) is 3. The van der Waals surface area contributed by atoms with E-state index in [9.17, 15) is 4.79 Å². The third-order valence-electron chi connectivity index (χ3n) is 2.81. The van der Waals surface area contributed by atoms with Gasteiger partial charge in [-0.25, -0.2) is 9.97 Å². The third kappa shape index (κ3) is 2.24. The van der Waals surface area contributed by atoms with Gasteiger partial charge in [0.25, 0.3) is 5.56 Å². The number of thiophene rings is 1. The number of fused-ring (bicyclic) bond motifs is 1. The number of diazo groups is 1. The second-order valence-electron chi connectivity index (χ2n) is 4.04. The molecule has 102 valence electrons. The van der Waals surface area contributed by atoms with E-state index in [4.69, 9.17) is 11.1 Å². The Morgan fingerprint density at radius 1 is 1.45 bits per heavy atom. The van der Waals surface area contributed by atoms with E-state index in [1.807, 2.05) is 16.8 Å². The van der Waals surface area contributed by atoms with Crippen LogP contribution >= 0.6 is 11.3 Å². The zero-order valence-corrected chi connectivity index (χ0v) is 11.6. The van der Waals surface area contributed by atoms with Crippen molar-refractivity contribution in [2.45, 2.75) is 6.42 Å². The van der Waals surface area contributed by atoms with Crippen molar-refractivity contribution in [1.82, 2.24) is 15.0 Å². The van der Waals surface area contributed by atoms with E-state index in [2.05, 4.69) is 19.9 Å². The van der Waals surface area contributed by atoms with Crippen LogP contribution in [0.25, 0.3) is 16.0 Å². The summed E-state index contributed by atoms with van der Waals surface area (Å²) in [6, 6.07) is 1.96. The van der Waals surface area contributed by atoms with Crippen molar-refractivity contribution < 1.29 is 12.4 Å². The lowest BCUT2D eigenvalue weighted by Gasteiger charge is -1.94. The van der Waals surface area contributed by atoms with Crippen LogP contribution in [0.4, 0.5) is 11.8 Å². The summed E-state index contributed by atoms with van der Waals surface area (Å²) in [4.78, 5) is 24.2. The lowest BCUT2D eigenvalue weighted by molar-refractivity contribution is -0.00000430. The summed E-state index contributed by atoms with van der Waals surface area (Å²) in [5, 5.41) is 13.0. The molecule has 20 heavy (non-hydrogen) atoms. The summed E-state index contributed by atoms with van der Waals surface area (Å²) < 4.78 is 0. The lowest BCUT2D eigenvalue weighted by Crippen LogP contribution is -3.00. The Hall–Kier alpha value is -2.37. The summed E-state index contributed by atoms with van der Waals surface area (Å²) in [5.74, 6) is 0.261. The van der Waals surface area contributed by atoms with Crippen LogP contribution in [0.2, 0.25) is 0 Å². The van der Waals surface area contributed by atoms with Crippen molar-refractivity contribution in [2.75, 3.05) is 5.73 Å². The van der Waals surface area contributed by atoms with E-state index in [1.165, 1.54) is 0 Å². The minimum atomic E-state index is -0.385. The molecule has 3 aromatic rings. The van der Waals surface area contributed by atoms with E-state index in [0.29, 0.717) is 17.5 Å². The summed E-state index contributed by atoms with van der Waals surface area (Å²) in [6.45, 7) is 0. The molecule has 0 aromatic carbocycles. The van der Waals surface area contributed by atoms with Gasteiger partial charge in [-0.2, -0.15) is 11.3 Å². The Labute approximate surface area is 122 Å². The zero-order chi connectivity index (χ0) is 13.4. The van der Waals surface area contributed by atoms with Crippen LogP contribution in [-0.2, 0) is 6.42 Å². The van der Waals surface area contributed by atoms with Crippen LogP contribution in [0.5, 0.6) is 0 Å². The fourth-order valence-corrected chi connectivity index (χ4v) is 2.65. The van der Waals surface area contributed by atoms with Crippen LogP contribution in [0.15, 0.2) is 21.6 Å². The third-order valence-corrected chi connectivity index (χ3v) is 3.55. The smallest absolute Gasteiger partial charge is 0.428 e. The van der Waals surface area contributed by atoms with E-state index in [1.54, 1.807) is 11.3 Å². The first-order valence-corrected chi connectivity index (χ1v) is 6.40. The monoisotopic (exact) mass is 308 g/mol. The molecule has 7 nitrogen and oxygen atoms in total. The first-order valence-electron chi connectivity index (χ1n) is 5.45. The number of H-pyrrole nitrogens is 2. The van der Waals surface area contributed by atoms with Gasteiger partial charge in [0.15, 0.2) is 0 Å². The van der Waals surface area contributed by atoms with E-state index >= 15 is 0 Å². The minimum absolute atomic E-state index is 0. The molecule has 0 atom stereocenters. The highest BCUT2D eigenvalue weighted by molar-refractivity contribution is 7.07. The summed E-state index contributed by atoms with van der Waals surface area (Å²) in [5.41, 5.74) is 7.55. The molecule has 0 aliphatic heterocycles. The van der Waals surface area contributed by atoms with Gasteiger partial charge in [0.05, 0.1) is 11.0 Å². The molecule has 0 saturated heterocycles. The highest BCUT2D eigenvalue weighted by atomic mass is 35.5. The molecule has 0 bridgehead atoms. The maximum Gasteiger partial charge on any atom is 0.428 e.